The van der Waals surface area contributed by atoms with E-state index in [1.54, 1.807) is 36.4 Å². The van der Waals surface area contributed by atoms with Gasteiger partial charge in [-0.25, -0.2) is 4.39 Å². The average molecular weight is 445 g/mol. The molecule has 0 radical (unpaired) electrons. The van der Waals surface area contributed by atoms with Gasteiger partial charge in [0.1, 0.15) is 18.1 Å². The van der Waals surface area contributed by atoms with E-state index in [4.69, 9.17) is 4.74 Å². The molecule has 166 valence electrons. The number of hydrogen-bond donors (Lipinski definition) is 2. The predicted molar refractivity (Wildman–Crippen MR) is 122 cm³/mol. The van der Waals surface area contributed by atoms with Crippen molar-refractivity contribution in [2.24, 2.45) is 0 Å². The van der Waals surface area contributed by atoms with Gasteiger partial charge in [-0.2, -0.15) is 0 Å². The summed E-state index contributed by atoms with van der Waals surface area (Å²) in [5.41, 5.74) is 2.47. The summed E-state index contributed by atoms with van der Waals surface area (Å²) in [4.78, 5) is 39.1. The minimum Gasteiger partial charge on any atom is -0.495 e. The molecule has 0 fully saturated rings. The molecule has 0 aliphatic carbocycles. The van der Waals surface area contributed by atoms with Crippen LogP contribution in [0.4, 0.5) is 15.8 Å². The van der Waals surface area contributed by atoms with Crippen LogP contribution in [0.1, 0.15) is 26.3 Å². The number of nitrogens with zero attached hydrogens (tertiary/aromatic N) is 1. The minimum atomic E-state index is -0.534. The Morgan fingerprint density at radius 1 is 1.00 bits per heavy atom. The second kappa shape index (κ2) is 8.96. The van der Waals surface area contributed by atoms with Crippen molar-refractivity contribution in [2.45, 2.75) is 0 Å². The van der Waals surface area contributed by atoms with Crippen molar-refractivity contribution in [1.82, 2.24) is 4.90 Å². The predicted octanol–water partition coefficient (Wildman–Crippen LogP) is 4.15. The number of anilines is 2. The van der Waals surface area contributed by atoms with Gasteiger partial charge in [-0.15, -0.1) is 0 Å². The van der Waals surface area contributed by atoms with E-state index in [0.717, 1.165) is 6.07 Å². The molecule has 3 aromatic rings. The van der Waals surface area contributed by atoms with Crippen LogP contribution in [0.2, 0.25) is 0 Å². The Hall–Kier alpha value is -4.46. The maximum atomic E-state index is 13.4. The van der Waals surface area contributed by atoms with Gasteiger partial charge >= 0.3 is 0 Å². The number of halogens is 1. The number of benzene rings is 3. The summed E-state index contributed by atoms with van der Waals surface area (Å²) in [5.74, 6) is -1.44. The Balaban J connectivity index is 1.47. The fourth-order valence-corrected chi connectivity index (χ4v) is 3.55. The van der Waals surface area contributed by atoms with Crippen LogP contribution < -0.4 is 15.4 Å². The van der Waals surface area contributed by atoms with Crippen molar-refractivity contribution in [2.75, 3.05) is 24.3 Å². The third kappa shape index (κ3) is 4.45. The van der Waals surface area contributed by atoms with E-state index in [2.05, 4.69) is 17.2 Å². The van der Waals surface area contributed by atoms with Crippen molar-refractivity contribution in [3.8, 4) is 5.75 Å². The number of rotatable bonds is 6. The molecule has 3 amide bonds. The van der Waals surface area contributed by atoms with Crippen LogP contribution in [0.5, 0.6) is 5.75 Å². The third-order valence-electron chi connectivity index (χ3n) is 5.16. The van der Waals surface area contributed by atoms with Gasteiger partial charge in [0.05, 0.1) is 12.8 Å². The molecule has 7 nitrogen and oxygen atoms in total. The minimum absolute atomic E-state index is 0.136. The number of ether oxygens (including phenoxy) is 1. The number of methoxy groups -OCH3 is 1. The number of hydrogen-bond acceptors (Lipinski definition) is 4. The number of amides is 3. The van der Waals surface area contributed by atoms with Crippen LogP contribution in [0.25, 0.3) is 5.70 Å². The summed E-state index contributed by atoms with van der Waals surface area (Å²) in [6.45, 7) is 3.71. The fraction of sp³-hybridized carbons (Fsp3) is 0.0800. The number of carbonyl (C=O) groups excluding carboxylic acids is 3. The molecule has 1 aliphatic rings. The van der Waals surface area contributed by atoms with Gasteiger partial charge in [-0.3, -0.25) is 19.3 Å². The molecule has 8 heteroatoms. The van der Waals surface area contributed by atoms with Crippen LogP contribution in [-0.4, -0.2) is 36.3 Å². The summed E-state index contributed by atoms with van der Waals surface area (Å²) in [6, 6.07) is 17.0. The monoisotopic (exact) mass is 445 g/mol. The van der Waals surface area contributed by atoms with Gasteiger partial charge in [0.25, 0.3) is 11.8 Å². The van der Waals surface area contributed by atoms with Gasteiger partial charge in [-0.05, 0) is 42.5 Å². The topological polar surface area (TPSA) is 87.7 Å². The highest BCUT2D eigenvalue weighted by Gasteiger charge is 2.31. The Morgan fingerprint density at radius 3 is 2.45 bits per heavy atom. The van der Waals surface area contributed by atoms with Gasteiger partial charge < -0.3 is 15.4 Å². The molecule has 0 bridgehead atoms. The van der Waals surface area contributed by atoms with Gasteiger partial charge in [-0.1, -0.05) is 30.8 Å². The third-order valence-corrected chi connectivity index (χ3v) is 5.16. The lowest BCUT2D eigenvalue weighted by Gasteiger charge is -2.17. The van der Waals surface area contributed by atoms with Crippen LogP contribution in [0, 0.1) is 5.82 Å². The number of fused-ring (bicyclic) bond motifs is 1. The quantitative estimate of drug-likeness (QED) is 0.597. The molecule has 0 atom stereocenters. The molecular formula is C25H20FN3O4. The molecule has 33 heavy (non-hydrogen) atoms. The number of nitrogens with one attached hydrogen (secondary N) is 2. The summed E-state index contributed by atoms with van der Waals surface area (Å²) in [5, 5.41) is 5.37. The van der Waals surface area contributed by atoms with E-state index < -0.39 is 17.6 Å². The SMILES string of the molecule is C=C1c2ccccc2C(=O)N1CC(=O)Nc1ccc(OC)c(NC(=O)c2cccc(F)c2)c1. The Kier molecular flexibility index (Phi) is 5.91. The molecule has 4 rings (SSSR count). The molecule has 1 heterocycles. The van der Waals surface area contributed by atoms with Crippen molar-refractivity contribution in [3.63, 3.8) is 0 Å². The van der Waals surface area contributed by atoms with Gasteiger partial charge in [0.2, 0.25) is 5.91 Å². The normalized spacial score (nSPS) is 12.4. The van der Waals surface area contributed by atoms with E-state index >= 15 is 0 Å². The molecule has 0 saturated carbocycles. The second-order valence-electron chi connectivity index (χ2n) is 7.31. The maximum absolute atomic E-state index is 13.4. The van der Waals surface area contributed by atoms with Gasteiger partial charge in [0.15, 0.2) is 0 Å². The zero-order chi connectivity index (χ0) is 23.5. The van der Waals surface area contributed by atoms with E-state index in [-0.39, 0.29) is 18.0 Å². The van der Waals surface area contributed by atoms with Crippen molar-refractivity contribution >= 4 is 34.8 Å². The maximum Gasteiger partial charge on any atom is 0.259 e. The van der Waals surface area contributed by atoms with Crippen molar-refractivity contribution in [3.05, 3.63) is 95.8 Å². The molecule has 0 unspecified atom stereocenters. The highest BCUT2D eigenvalue weighted by atomic mass is 19.1. The van der Waals surface area contributed by atoms with E-state index in [0.29, 0.717) is 33.9 Å². The van der Waals surface area contributed by atoms with E-state index in [1.807, 2.05) is 0 Å². The first-order chi connectivity index (χ1) is 15.9. The molecule has 0 saturated heterocycles. The summed E-state index contributed by atoms with van der Waals surface area (Å²) >= 11 is 0. The van der Waals surface area contributed by atoms with Crippen LogP contribution in [0.15, 0.2) is 73.3 Å². The molecule has 2 N–H and O–H groups in total. The Morgan fingerprint density at radius 2 is 1.76 bits per heavy atom. The molecular weight excluding hydrogens is 425 g/mol. The lowest BCUT2D eigenvalue weighted by Crippen LogP contribution is -2.32. The molecule has 0 aromatic heterocycles. The second-order valence-corrected chi connectivity index (χ2v) is 7.31. The Labute approximate surface area is 189 Å². The first kappa shape index (κ1) is 21.8. The first-order valence-corrected chi connectivity index (χ1v) is 10.0. The summed E-state index contributed by atoms with van der Waals surface area (Å²) in [7, 11) is 1.44. The first-order valence-electron chi connectivity index (χ1n) is 10.0. The largest absolute Gasteiger partial charge is 0.495 e. The summed E-state index contributed by atoms with van der Waals surface area (Å²) < 4.78 is 18.7. The van der Waals surface area contributed by atoms with E-state index in [9.17, 15) is 18.8 Å². The van der Waals surface area contributed by atoms with Crippen LogP contribution in [0.3, 0.4) is 0 Å². The molecule has 1 aliphatic heterocycles. The summed E-state index contributed by atoms with van der Waals surface area (Å²) in [6.07, 6.45) is 0. The van der Waals surface area contributed by atoms with Crippen LogP contribution >= 0.6 is 0 Å². The molecule has 3 aromatic carbocycles. The lowest BCUT2D eigenvalue weighted by molar-refractivity contribution is -0.116. The van der Waals surface area contributed by atoms with Crippen molar-refractivity contribution < 1.29 is 23.5 Å². The average Bonchev–Trinajstić information content (AvgIpc) is 3.04. The zero-order valence-electron chi connectivity index (χ0n) is 17.7. The van der Waals surface area contributed by atoms with E-state index in [1.165, 1.54) is 36.3 Å². The Bertz CT molecular complexity index is 1250. The van der Waals surface area contributed by atoms with Crippen LogP contribution in [-0.2, 0) is 4.79 Å². The number of carbonyl (C=O) groups is 3. The van der Waals surface area contributed by atoms with Crippen molar-refractivity contribution in [1.29, 1.82) is 0 Å². The smallest absolute Gasteiger partial charge is 0.259 e. The fourth-order valence-electron chi connectivity index (χ4n) is 3.55. The highest BCUT2D eigenvalue weighted by molar-refractivity contribution is 6.11. The lowest BCUT2D eigenvalue weighted by atomic mass is 10.1. The molecule has 0 spiro atoms. The zero-order valence-corrected chi connectivity index (χ0v) is 17.7. The standard InChI is InChI=1S/C25H20FN3O4/c1-15-19-8-3-4-9-20(19)25(32)29(15)14-23(30)27-18-10-11-22(33-2)21(13-18)28-24(31)16-6-5-7-17(26)12-16/h3-13H,1,14H2,2H3,(H,27,30)(H,28,31). The van der Waals surface area contributed by atoms with Gasteiger partial charge in [0, 0.05) is 28.1 Å². The highest BCUT2D eigenvalue weighted by Crippen LogP contribution is 2.31.